The molecule has 6 heteroatoms. The molecule has 0 radical (unpaired) electrons. The van der Waals surface area contributed by atoms with E-state index < -0.39 is 0 Å². The molecule has 1 aliphatic carbocycles. The van der Waals surface area contributed by atoms with Gasteiger partial charge in [0.1, 0.15) is 0 Å². The first-order valence-corrected chi connectivity index (χ1v) is 12.3. The van der Waals surface area contributed by atoms with Crippen molar-refractivity contribution in [2.45, 2.75) is 38.6 Å². The van der Waals surface area contributed by atoms with Crippen LogP contribution in [0.5, 0.6) is 0 Å². The maximum absolute atomic E-state index is 13.8. The highest BCUT2D eigenvalue weighted by Crippen LogP contribution is 2.46. The van der Waals surface area contributed by atoms with Crippen LogP contribution in [0.4, 0.5) is 5.69 Å². The van der Waals surface area contributed by atoms with Gasteiger partial charge in [-0.3, -0.25) is 9.69 Å². The van der Waals surface area contributed by atoms with Crippen LogP contribution in [0.3, 0.4) is 0 Å². The van der Waals surface area contributed by atoms with Gasteiger partial charge in [0.05, 0.1) is 30.4 Å². The summed E-state index contributed by atoms with van der Waals surface area (Å²) in [5.41, 5.74) is 7.19. The molecule has 0 bridgehead atoms. The molecule has 3 heterocycles. The van der Waals surface area contributed by atoms with Gasteiger partial charge in [0, 0.05) is 65.5 Å². The summed E-state index contributed by atoms with van der Waals surface area (Å²) in [7, 11) is 0. The van der Waals surface area contributed by atoms with E-state index in [1.54, 1.807) is 6.07 Å². The zero-order valence-corrected chi connectivity index (χ0v) is 20.1. The monoisotopic (exact) mass is 454 g/mol. The highest BCUT2D eigenvalue weighted by Gasteiger charge is 2.41. The van der Waals surface area contributed by atoms with E-state index in [0.29, 0.717) is 11.6 Å². The van der Waals surface area contributed by atoms with Crippen LogP contribution < -0.4 is 4.90 Å². The lowest BCUT2D eigenvalue weighted by atomic mass is 9.70. The highest BCUT2D eigenvalue weighted by molar-refractivity contribution is 6.20. The molecule has 3 aliphatic rings. The molecule has 2 aromatic carbocycles. The number of aryl methyl sites for hydroxylation is 1. The van der Waals surface area contributed by atoms with Crippen molar-refractivity contribution < 1.29 is 9.53 Å². The second-order valence-corrected chi connectivity index (χ2v) is 10.3. The van der Waals surface area contributed by atoms with E-state index in [-0.39, 0.29) is 11.2 Å². The average molecular weight is 455 g/mol. The molecule has 0 spiro atoms. The Labute approximate surface area is 200 Å². The van der Waals surface area contributed by atoms with Gasteiger partial charge in [0.15, 0.2) is 5.78 Å². The first-order valence-electron chi connectivity index (χ1n) is 12.3. The first-order chi connectivity index (χ1) is 16.4. The number of H-pyrrole nitrogens is 1. The Balaban J connectivity index is 1.40. The number of rotatable bonds is 3. The lowest BCUT2D eigenvalue weighted by Crippen LogP contribution is -2.61. The van der Waals surface area contributed by atoms with Gasteiger partial charge >= 0.3 is 0 Å². The van der Waals surface area contributed by atoms with Crippen molar-refractivity contribution in [2.24, 2.45) is 0 Å². The van der Waals surface area contributed by atoms with Crippen LogP contribution in [0.15, 0.2) is 30.3 Å². The van der Waals surface area contributed by atoms with E-state index in [1.807, 2.05) is 12.1 Å². The van der Waals surface area contributed by atoms with Crippen LogP contribution in [0, 0.1) is 11.3 Å². The maximum atomic E-state index is 13.8. The van der Waals surface area contributed by atoms with Gasteiger partial charge in [-0.15, -0.1) is 0 Å². The molecule has 0 unspecified atom stereocenters. The van der Waals surface area contributed by atoms with E-state index in [0.717, 1.165) is 79.1 Å². The van der Waals surface area contributed by atoms with E-state index >= 15 is 0 Å². The zero-order chi connectivity index (χ0) is 23.6. The van der Waals surface area contributed by atoms with E-state index in [1.165, 1.54) is 11.3 Å². The molecular formula is C28H30N4O2. The lowest BCUT2D eigenvalue weighted by Gasteiger charge is -2.48. The van der Waals surface area contributed by atoms with Gasteiger partial charge in [-0.2, -0.15) is 5.26 Å². The second-order valence-electron chi connectivity index (χ2n) is 10.3. The number of carbonyl (C=O) groups is 1. The highest BCUT2D eigenvalue weighted by atomic mass is 16.5. The number of aromatic nitrogens is 1. The van der Waals surface area contributed by atoms with Crippen LogP contribution in [0.2, 0.25) is 0 Å². The quantitative estimate of drug-likeness (QED) is 0.648. The summed E-state index contributed by atoms with van der Waals surface area (Å²) in [6, 6.07) is 12.7. The molecule has 1 N–H and O–H groups in total. The normalized spacial score (nSPS) is 20.1. The number of nitriles is 1. The number of hydrogen-bond donors (Lipinski definition) is 1. The minimum atomic E-state index is -0.347. The van der Waals surface area contributed by atoms with Crippen molar-refractivity contribution in [3.05, 3.63) is 63.8 Å². The molecule has 0 atom stereocenters. The van der Waals surface area contributed by atoms with Crippen molar-refractivity contribution in [1.29, 1.82) is 5.26 Å². The lowest BCUT2D eigenvalue weighted by molar-refractivity contribution is 0.0105. The van der Waals surface area contributed by atoms with Crippen molar-refractivity contribution in [2.75, 3.05) is 44.3 Å². The van der Waals surface area contributed by atoms with Gasteiger partial charge in [-0.25, -0.2) is 0 Å². The molecule has 2 aliphatic heterocycles. The summed E-state index contributed by atoms with van der Waals surface area (Å²) in [6.07, 6.45) is 0.890. The summed E-state index contributed by atoms with van der Waals surface area (Å²) < 4.78 is 5.52. The van der Waals surface area contributed by atoms with Crippen molar-refractivity contribution >= 4 is 22.4 Å². The van der Waals surface area contributed by atoms with Gasteiger partial charge in [-0.1, -0.05) is 26.8 Å². The maximum Gasteiger partial charge on any atom is 0.195 e. The third kappa shape index (κ3) is 3.04. The topological polar surface area (TPSA) is 72.4 Å². The Morgan fingerprint density at radius 2 is 1.94 bits per heavy atom. The van der Waals surface area contributed by atoms with Gasteiger partial charge in [-0.05, 0) is 41.8 Å². The number of aromatic amines is 1. The number of carbonyl (C=O) groups excluding carboxylic acids is 1. The second kappa shape index (κ2) is 7.69. The summed E-state index contributed by atoms with van der Waals surface area (Å²) in [5.74, 6) is 0.0799. The third-order valence-corrected chi connectivity index (χ3v) is 8.06. The largest absolute Gasteiger partial charge is 0.379 e. The summed E-state index contributed by atoms with van der Waals surface area (Å²) in [6.45, 7) is 12.3. The first kappa shape index (κ1) is 21.4. The molecule has 2 fully saturated rings. The van der Waals surface area contributed by atoms with E-state index in [9.17, 15) is 10.1 Å². The van der Waals surface area contributed by atoms with Gasteiger partial charge in [0.25, 0.3) is 0 Å². The predicted molar refractivity (Wildman–Crippen MR) is 133 cm³/mol. The average Bonchev–Trinajstić information content (AvgIpc) is 3.22. The standard InChI is InChI=1S/C28H30N4O2/c1-4-18-12-21-22(13-24(18)32-15-19(16-32)31-7-9-34-10-8-31)28(2,3)27-25(26(21)33)20-6-5-17(14-29)11-23(20)30-27/h5-6,11-13,19,30H,4,7-10,15-16H2,1-3H3. The Morgan fingerprint density at radius 1 is 1.18 bits per heavy atom. The number of benzene rings is 2. The number of nitrogens with zero attached hydrogens (tertiary/aromatic N) is 3. The van der Waals surface area contributed by atoms with Crippen LogP contribution in [-0.2, 0) is 16.6 Å². The molecule has 2 saturated heterocycles. The number of morpholine rings is 1. The Bertz CT molecular complexity index is 1350. The predicted octanol–water partition coefficient (Wildman–Crippen LogP) is 3.99. The summed E-state index contributed by atoms with van der Waals surface area (Å²) in [5, 5.41) is 10.2. The summed E-state index contributed by atoms with van der Waals surface area (Å²) in [4.78, 5) is 22.3. The van der Waals surface area contributed by atoms with E-state index in [2.05, 4.69) is 53.8 Å². The molecule has 3 aromatic rings. The molecule has 34 heavy (non-hydrogen) atoms. The summed E-state index contributed by atoms with van der Waals surface area (Å²) >= 11 is 0. The number of fused-ring (bicyclic) bond motifs is 4. The molecule has 174 valence electrons. The zero-order valence-electron chi connectivity index (χ0n) is 20.1. The van der Waals surface area contributed by atoms with Gasteiger partial charge < -0.3 is 14.6 Å². The smallest absolute Gasteiger partial charge is 0.195 e. The number of nitrogens with one attached hydrogen (secondary N) is 1. The Kier molecular flexibility index (Phi) is 4.84. The fraction of sp³-hybridized carbons (Fsp3) is 0.429. The number of hydrogen-bond acceptors (Lipinski definition) is 5. The number of anilines is 1. The molecule has 6 nitrogen and oxygen atoms in total. The fourth-order valence-corrected chi connectivity index (χ4v) is 5.98. The third-order valence-electron chi connectivity index (χ3n) is 8.06. The van der Waals surface area contributed by atoms with Crippen LogP contribution in [0.25, 0.3) is 10.9 Å². The Morgan fingerprint density at radius 3 is 2.65 bits per heavy atom. The molecule has 6 rings (SSSR count). The van der Waals surface area contributed by atoms with Crippen LogP contribution >= 0.6 is 0 Å². The number of ketones is 1. The van der Waals surface area contributed by atoms with E-state index in [4.69, 9.17) is 4.74 Å². The minimum absolute atomic E-state index is 0.0799. The van der Waals surface area contributed by atoms with Gasteiger partial charge in [0.2, 0.25) is 0 Å². The fourth-order valence-electron chi connectivity index (χ4n) is 5.98. The van der Waals surface area contributed by atoms with Crippen molar-refractivity contribution in [1.82, 2.24) is 9.88 Å². The van der Waals surface area contributed by atoms with Crippen LogP contribution in [0.1, 0.15) is 59.1 Å². The Hall–Kier alpha value is -3.14. The molecule has 1 aromatic heterocycles. The molecule has 0 amide bonds. The van der Waals surface area contributed by atoms with Crippen LogP contribution in [-0.4, -0.2) is 61.1 Å². The molecular weight excluding hydrogens is 424 g/mol. The van der Waals surface area contributed by atoms with Crippen molar-refractivity contribution in [3.63, 3.8) is 0 Å². The SMILES string of the molecule is CCc1cc2c(cc1N1CC(N3CCOCC3)C1)C(C)(C)c1[nH]c3cc(C#N)ccc3c1C2=O. The molecule has 0 saturated carbocycles. The van der Waals surface area contributed by atoms with Crippen molar-refractivity contribution in [3.8, 4) is 6.07 Å². The number of ether oxygens (including phenoxy) is 1. The minimum Gasteiger partial charge on any atom is -0.379 e.